The molecule has 158 valence electrons. The van der Waals surface area contributed by atoms with Crippen LogP contribution >= 0.6 is 11.3 Å². The Bertz CT molecular complexity index is 1120. The molecule has 0 spiro atoms. The number of nitrogens with one attached hydrogen (secondary N) is 1. The van der Waals surface area contributed by atoms with E-state index in [-0.39, 0.29) is 17.7 Å². The van der Waals surface area contributed by atoms with E-state index in [1.54, 1.807) is 36.4 Å². The summed E-state index contributed by atoms with van der Waals surface area (Å²) in [6.45, 7) is 4.31. The smallest absolute Gasteiger partial charge is 0.261 e. The van der Waals surface area contributed by atoms with Crippen molar-refractivity contribution in [3.8, 4) is 0 Å². The number of nitrogens with zero attached hydrogens (tertiary/aromatic N) is 2. The molecule has 6 nitrogen and oxygen atoms in total. The van der Waals surface area contributed by atoms with Crippen LogP contribution in [0, 0.1) is 13.8 Å². The van der Waals surface area contributed by atoms with Crippen molar-refractivity contribution in [3.63, 3.8) is 0 Å². The fourth-order valence-corrected chi connectivity index (χ4v) is 4.58. The monoisotopic (exact) mass is 433 g/mol. The van der Waals surface area contributed by atoms with Gasteiger partial charge < -0.3 is 0 Å². The maximum atomic E-state index is 12.4. The minimum absolute atomic E-state index is 0.175. The highest BCUT2D eigenvalue weighted by Crippen LogP contribution is 2.26. The molecular weight excluding hydrogens is 410 g/mol. The lowest BCUT2D eigenvalue weighted by atomic mass is 10.1. The van der Waals surface area contributed by atoms with Gasteiger partial charge in [-0.1, -0.05) is 29.8 Å². The molecule has 0 saturated heterocycles. The van der Waals surface area contributed by atoms with Gasteiger partial charge in [0.1, 0.15) is 0 Å². The molecule has 3 amide bonds. The van der Waals surface area contributed by atoms with Gasteiger partial charge in [-0.05, 0) is 57.4 Å². The van der Waals surface area contributed by atoms with Crippen LogP contribution in [0.4, 0.5) is 5.13 Å². The van der Waals surface area contributed by atoms with E-state index in [1.165, 1.54) is 16.2 Å². The maximum Gasteiger partial charge on any atom is 0.261 e. The van der Waals surface area contributed by atoms with Crippen molar-refractivity contribution in [1.29, 1.82) is 0 Å². The van der Waals surface area contributed by atoms with Crippen molar-refractivity contribution in [3.05, 3.63) is 81.4 Å². The predicted octanol–water partition coefficient (Wildman–Crippen LogP) is 4.63. The molecule has 0 atom stereocenters. The summed E-state index contributed by atoms with van der Waals surface area (Å²) >= 11 is 1.47. The van der Waals surface area contributed by atoms with Crippen molar-refractivity contribution in [2.75, 3.05) is 11.9 Å². The van der Waals surface area contributed by atoms with Crippen molar-refractivity contribution < 1.29 is 14.4 Å². The van der Waals surface area contributed by atoms with E-state index in [4.69, 9.17) is 0 Å². The van der Waals surface area contributed by atoms with E-state index in [0.717, 1.165) is 29.0 Å². The summed E-state index contributed by atoms with van der Waals surface area (Å²) in [4.78, 5) is 44.1. The third kappa shape index (κ3) is 4.41. The Morgan fingerprint density at radius 2 is 1.61 bits per heavy atom. The second-order valence-electron chi connectivity index (χ2n) is 7.61. The summed E-state index contributed by atoms with van der Waals surface area (Å²) < 4.78 is 0. The Morgan fingerprint density at radius 3 is 2.26 bits per heavy atom. The zero-order valence-corrected chi connectivity index (χ0v) is 18.3. The summed E-state index contributed by atoms with van der Waals surface area (Å²) in [5.41, 5.74) is 3.57. The number of carbonyl (C=O) groups is 3. The number of fused-ring (bicyclic) bond motifs is 1. The third-order valence-corrected chi connectivity index (χ3v) is 6.47. The number of rotatable bonds is 7. The van der Waals surface area contributed by atoms with Gasteiger partial charge in [0.15, 0.2) is 5.13 Å². The first-order valence-corrected chi connectivity index (χ1v) is 11.1. The highest BCUT2D eigenvalue weighted by atomic mass is 32.1. The normalized spacial score (nSPS) is 12.9. The molecule has 1 aromatic heterocycles. The summed E-state index contributed by atoms with van der Waals surface area (Å²) in [5.74, 6) is -0.600. The van der Waals surface area contributed by atoms with Gasteiger partial charge >= 0.3 is 0 Å². The Morgan fingerprint density at radius 1 is 0.968 bits per heavy atom. The van der Waals surface area contributed by atoms with Crippen LogP contribution in [-0.2, 0) is 6.42 Å². The van der Waals surface area contributed by atoms with E-state index < -0.39 is 0 Å². The van der Waals surface area contributed by atoms with E-state index in [2.05, 4.69) is 10.3 Å². The molecule has 1 aliphatic rings. The van der Waals surface area contributed by atoms with E-state index in [0.29, 0.717) is 34.8 Å². The van der Waals surface area contributed by atoms with Gasteiger partial charge in [0.2, 0.25) is 0 Å². The number of benzene rings is 2. The Hall–Kier alpha value is -3.32. The SMILES string of the molecule is Cc1ccc(C(=O)Nc2nc(C)c(CCCCN3C(=O)c4ccccc4C3=O)s2)cc1. The van der Waals surface area contributed by atoms with Crippen LogP contribution in [0.2, 0.25) is 0 Å². The van der Waals surface area contributed by atoms with Gasteiger partial charge in [0.25, 0.3) is 17.7 Å². The molecule has 0 unspecified atom stereocenters. The standard InChI is InChI=1S/C24H23N3O3S/c1-15-10-12-17(13-11-15)21(28)26-24-25-16(2)20(31-24)9-5-6-14-27-22(29)18-7-3-4-8-19(18)23(27)30/h3-4,7-8,10-13H,5-6,9,14H2,1-2H3,(H,25,26,28). The lowest BCUT2D eigenvalue weighted by molar-refractivity contribution is 0.0651. The zero-order valence-electron chi connectivity index (χ0n) is 17.5. The van der Waals surface area contributed by atoms with Gasteiger partial charge in [-0.2, -0.15) is 0 Å². The van der Waals surface area contributed by atoms with Crippen LogP contribution in [-0.4, -0.2) is 34.2 Å². The van der Waals surface area contributed by atoms with Crippen molar-refractivity contribution in [1.82, 2.24) is 9.88 Å². The Labute approximate surface area is 184 Å². The molecule has 0 bridgehead atoms. The minimum atomic E-state index is -0.212. The summed E-state index contributed by atoms with van der Waals surface area (Å²) in [5, 5.41) is 3.45. The number of aryl methyl sites for hydroxylation is 3. The van der Waals surface area contributed by atoms with Crippen LogP contribution in [0.5, 0.6) is 0 Å². The molecule has 2 aromatic carbocycles. The Kier molecular flexibility index (Phi) is 5.95. The first kappa shape index (κ1) is 20.9. The first-order chi connectivity index (χ1) is 14.9. The molecule has 1 N–H and O–H groups in total. The van der Waals surface area contributed by atoms with Crippen LogP contribution in [0.25, 0.3) is 0 Å². The van der Waals surface area contributed by atoms with Gasteiger partial charge in [0, 0.05) is 17.0 Å². The van der Waals surface area contributed by atoms with E-state index in [1.807, 2.05) is 26.0 Å². The topological polar surface area (TPSA) is 79.4 Å². The highest BCUT2D eigenvalue weighted by Gasteiger charge is 2.34. The lowest BCUT2D eigenvalue weighted by Crippen LogP contribution is -2.30. The average molecular weight is 434 g/mol. The molecule has 0 saturated carbocycles. The van der Waals surface area contributed by atoms with Crippen LogP contribution in [0.3, 0.4) is 0 Å². The average Bonchev–Trinajstić information content (AvgIpc) is 3.23. The molecule has 0 radical (unpaired) electrons. The van der Waals surface area contributed by atoms with Gasteiger partial charge in [0.05, 0.1) is 16.8 Å². The molecule has 0 fully saturated rings. The van der Waals surface area contributed by atoms with Crippen LogP contribution < -0.4 is 5.32 Å². The number of amides is 3. The van der Waals surface area contributed by atoms with Gasteiger partial charge in [-0.15, -0.1) is 11.3 Å². The third-order valence-electron chi connectivity index (χ3n) is 5.34. The van der Waals surface area contributed by atoms with Gasteiger partial charge in [-0.3, -0.25) is 24.6 Å². The molecular formula is C24H23N3O3S. The fraction of sp³-hybridized carbons (Fsp3) is 0.250. The van der Waals surface area contributed by atoms with E-state index >= 15 is 0 Å². The molecule has 7 heteroatoms. The molecule has 1 aliphatic heterocycles. The molecule has 3 aromatic rings. The number of thiazole rings is 1. The lowest BCUT2D eigenvalue weighted by Gasteiger charge is -2.13. The minimum Gasteiger partial charge on any atom is -0.298 e. The van der Waals surface area contributed by atoms with Crippen molar-refractivity contribution in [2.45, 2.75) is 33.1 Å². The van der Waals surface area contributed by atoms with E-state index in [9.17, 15) is 14.4 Å². The number of anilines is 1. The quantitative estimate of drug-likeness (QED) is 0.435. The molecule has 31 heavy (non-hydrogen) atoms. The summed E-state index contributed by atoms with van der Waals surface area (Å²) in [7, 11) is 0. The summed E-state index contributed by atoms with van der Waals surface area (Å²) in [6.07, 6.45) is 2.32. The zero-order chi connectivity index (χ0) is 22.0. The second kappa shape index (κ2) is 8.81. The maximum absolute atomic E-state index is 12.4. The summed E-state index contributed by atoms with van der Waals surface area (Å²) in [6, 6.07) is 14.3. The van der Waals surface area contributed by atoms with Gasteiger partial charge in [-0.25, -0.2) is 4.98 Å². The number of carbonyl (C=O) groups excluding carboxylic acids is 3. The first-order valence-electron chi connectivity index (χ1n) is 10.2. The number of aromatic nitrogens is 1. The highest BCUT2D eigenvalue weighted by molar-refractivity contribution is 7.15. The molecule has 4 rings (SSSR count). The number of imide groups is 1. The van der Waals surface area contributed by atoms with Crippen LogP contribution in [0.1, 0.15) is 60.1 Å². The number of unbranched alkanes of at least 4 members (excludes halogenated alkanes) is 1. The predicted molar refractivity (Wildman–Crippen MR) is 121 cm³/mol. The van der Waals surface area contributed by atoms with Crippen LogP contribution in [0.15, 0.2) is 48.5 Å². The number of hydrogen-bond acceptors (Lipinski definition) is 5. The van der Waals surface area contributed by atoms with Crippen molar-refractivity contribution >= 4 is 34.2 Å². The molecule has 0 aliphatic carbocycles. The second-order valence-corrected chi connectivity index (χ2v) is 8.70. The molecule has 2 heterocycles. The Balaban J connectivity index is 1.29. The largest absolute Gasteiger partial charge is 0.298 e. The number of hydrogen-bond donors (Lipinski definition) is 1. The fourth-order valence-electron chi connectivity index (χ4n) is 3.59. The van der Waals surface area contributed by atoms with Crippen molar-refractivity contribution in [2.24, 2.45) is 0 Å².